The summed E-state index contributed by atoms with van der Waals surface area (Å²) in [7, 11) is 0. The normalized spacial score (nSPS) is 12.2. The predicted molar refractivity (Wildman–Crippen MR) is 70.9 cm³/mol. The minimum Gasteiger partial charge on any atom is -0.476 e. The lowest BCUT2D eigenvalue weighted by molar-refractivity contribution is 0.0691. The summed E-state index contributed by atoms with van der Waals surface area (Å²) in [6, 6.07) is -0.412. The van der Waals surface area contributed by atoms with Gasteiger partial charge in [-0.15, -0.1) is 11.3 Å². The molecule has 1 amide bonds. The summed E-state index contributed by atoms with van der Waals surface area (Å²) in [5.41, 5.74) is 0.482. The molecule has 2 N–H and O–H groups in total. The zero-order valence-electron chi connectivity index (χ0n) is 11.1. The van der Waals surface area contributed by atoms with Crippen LogP contribution in [0.4, 0.5) is 0 Å². The Balaban J connectivity index is 2.10. The minimum atomic E-state index is -1.09. The maximum atomic E-state index is 12.0. The summed E-state index contributed by atoms with van der Waals surface area (Å²) in [6.45, 7) is 5.07. The lowest BCUT2D eigenvalue weighted by Crippen LogP contribution is -2.26. The molecule has 0 aliphatic heterocycles. The van der Waals surface area contributed by atoms with E-state index in [2.05, 4.69) is 15.3 Å². The Kier molecular flexibility index (Phi) is 3.84. The number of nitrogens with zero attached hydrogens (tertiary/aromatic N) is 2. The number of carboxylic acid groups (broad SMARTS) is 1. The number of aromatic carboxylic acids is 1. The number of rotatable bonds is 4. The Morgan fingerprint density at radius 3 is 2.60 bits per heavy atom. The molecule has 0 saturated carbocycles. The van der Waals surface area contributed by atoms with Crippen LogP contribution in [0.1, 0.15) is 50.6 Å². The van der Waals surface area contributed by atoms with Crippen LogP contribution in [0.15, 0.2) is 9.80 Å². The Morgan fingerprint density at radius 2 is 2.10 bits per heavy atom. The summed E-state index contributed by atoms with van der Waals surface area (Å²) >= 11 is 1.18. The highest BCUT2D eigenvalue weighted by Crippen LogP contribution is 2.19. The first-order valence-electron chi connectivity index (χ1n) is 5.82. The van der Waals surface area contributed by atoms with Crippen LogP contribution in [0, 0.1) is 13.8 Å². The van der Waals surface area contributed by atoms with Gasteiger partial charge in [0, 0.05) is 12.3 Å². The predicted octanol–water partition coefficient (Wildman–Crippen LogP) is 1.94. The van der Waals surface area contributed by atoms with E-state index < -0.39 is 17.9 Å². The fraction of sp³-hybridized carbons (Fsp3) is 0.333. The van der Waals surface area contributed by atoms with Gasteiger partial charge in [-0.3, -0.25) is 4.79 Å². The van der Waals surface area contributed by atoms with Crippen molar-refractivity contribution in [3.63, 3.8) is 0 Å². The first-order chi connectivity index (χ1) is 9.38. The number of hydrogen-bond acceptors (Lipinski definition) is 6. The van der Waals surface area contributed by atoms with Gasteiger partial charge in [-0.05, 0) is 13.8 Å². The Labute approximate surface area is 118 Å². The van der Waals surface area contributed by atoms with E-state index in [-0.39, 0.29) is 11.5 Å². The van der Waals surface area contributed by atoms with Gasteiger partial charge < -0.3 is 14.8 Å². The third-order valence-corrected chi connectivity index (χ3v) is 3.60. The van der Waals surface area contributed by atoms with Crippen molar-refractivity contribution in [2.45, 2.75) is 26.8 Å². The molecule has 1 unspecified atom stereocenters. The lowest BCUT2D eigenvalue weighted by atomic mass is 10.3. The second-order valence-electron chi connectivity index (χ2n) is 4.22. The SMILES string of the molecule is Cc1nc(C)c(C(=O)NC(C)c2nc(C(=O)O)cs2)o1. The number of nitrogens with one attached hydrogen (secondary N) is 1. The maximum Gasteiger partial charge on any atom is 0.355 e. The molecule has 0 saturated heterocycles. The van der Waals surface area contributed by atoms with Gasteiger partial charge in [-0.2, -0.15) is 0 Å². The number of aryl methyl sites for hydroxylation is 2. The number of carboxylic acids is 1. The summed E-state index contributed by atoms with van der Waals surface area (Å²) in [5.74, 6) is -0.914. The van der Waals surface area contributed by atoms with Gasteiger partial charge in [0.05, 0.1) is 11.7 Å². The summed E-state index contributed by atoms with van der Waals surface area (Å²) < 4.78 is 5.22. The average Bonchev–Trinajstić information content (AvgIpc) is 2.95. The monoisotopic (exact) mass is 295 g/mol. The quantitative estimate of drug-likeness (QED) is 0.893. The van der Waals surface area contributed by atoms with Gasteiger partial charge in [-0.25, -0.2) is 14.8 Å². The zero-order chi connectivity index (χ0) is 14.9. The van der Waals surface area contributed by atoms with Crippen molar-refractivity contribution in [1.82, 2.24) is 15.3 Å². The second-order valence-corrected chi connectivity index (χ2v) is 5.11. The second kappa shape index (κ2) is 5.41. The fourth-order valence-corrected chi connectivity index (χ4v) is 2.45. The molecule has 2 aromatic rings. The van der Waals surface area contributed by atoms with Crippen LogP contribution in [0.5, 0.6) is 0 Å². The Bertz CT molecular complexity index is 661. The Hall–Kier alpha value is -2.22. The van der Waals surface area contributed by atoms with Gasteiger partial charge in [0.25, 0.3) is 5.91 Å². The number of carbonyl (C=O) groups is 2. The molecule has 0 radical (unpaired) electrons. The molecule has 20 heavy (non-hydrogen) atoms. The van der Waals surface area contributed by atoms with Crippen molar-refractivity contribution in [3.8, 4) is 0 Å². The summed E-state index contributed by atoms with van der Waals surface area (Å²) in [4.78, 5) is 30.7. The molecule has 0 aromatic carbocycles. The van der Waals surface area contributed by atoms with Crippen LogP contribution in [-0.4, -0.2) is 27.0 Å². The molecular weight excluding hydrogens is 282 g/mol. The number of aromatic nitrogens is 2. The largest absolute Gasteiger partial charge is 0.476 e. The summed E-state index contributed by atoms with van der Waals surface area (Å²) in [6.07, 6.45) is 0. The molecule has 2 rings (SSSR count). The Morgan fingerprint density at radius 1 is 1.40 bits per heavy atom. The van der Waals surface area contributed by atoms with Crippen molar-refractivity contribution in [2.24, 2.45) is 0 Å². The van der Waals surface area contributed by atoms with Crippen LogP contribution < -0.4 is 5.32 Å². The average molecular weight is 295 g/mol. The topological polar surface area (TPSA) is 105 Å². The van der Waals surface area contributed by atoms with E-state index in [9.17, 15) is 9.59 Å². The van der Waals surface area contributed by atoms with Crippen molar-refractivity contribution in [2.75, 3.05) is 0 Å². The van der Waals surface area contributed by atoms with E-state index in [0.717, 1.165) is 0 Å². The van der Waals surface area contributed by atoms with Crippen molar-refractivity contribution >= 4 is 23.2 Å². The molecular formula is C12H13N3O4S. The van der Waals surface area contributed by atoms with Gasteiger partial charge in [0.15, 0.2) is 11.6 Å². The maximum absolute atomic E-state index is 12.0. The van der Waals surface area contributed by atoms with E-state index in [1.807, 2.05) is 0 Å². The molecule has 2 heterocycles. The third kappa shape index (κ3) is 2.85. The highest BCUT2D eigenvalue weighted by atomic mass is 32.1. The number of thiazole rings is 1. The van der Waals surface area contributed by atoms with E-state index >= 15 is 0 Å². The lowest BCUT2D eigenvalue weighted by Gasteiger charge is -2.09. The third-order valence-electron chi connectivity index (χ3n) is 2.57. The highest BCUT2D eigenvalue weighted by Gasteiger charge is 2.20. The molecule has 2 aromatic heterocycles. The molecule has 0 fully saturated rings. The number of oxazole rings is 1. The van der Waals surface area contributed by atoms with Crippen LogP contribution in [0.2, 0.25) is 0 Å². The highest BCUT2D eigenvalue weighted by molar-refractivity contribution is 7.09. The van der Waals surface area contributed by atoms with Gasteiger partial charge in [-0.1, -0.05) is 0 Å². The molecule has 0 bridgehead atoms. The van der Waals surface area contributed by atoms with E-state index in [1.165, 1.54) is 16.7 Å². The van der Waals surface area contributed by atoms with Crippen LogP contribution >= 0.6 is 11.3 Å². The number of carbonyl (C=O) groups excluding carboxylic acids is 1. The standard InChI is InChI=1S/C12H13N3O4S/c1-5-9(19-7(3)13-5)10(16)14-6(2)11-15-8(4-20-11)12(17)18/h4,6H,1-3H3,(H,14,16)(H,17,18). The van der Waals surface area contributed by atoms with Gasteiger partial charge >= 0.3 is 5.97 Å². The number of amides is 1. The molecule has 0 aliphatic rings. The van der Waals surface area contributed by atoms with E-state index in [1.54, 1.807) is 20.8 Å². The fourth-order valence-electron chi connectivity index (χ4n) is 1.65. The van der Waals surface area contributed by atoms with Crippen molar-refractivity contribution in [1.29, 1.82) is 0 Å². The van der Waals surface area contributed by atoms with Crippen molar-refractivity contribution in [3.05, 3.63) is 33.4 Å². The number of hydrogen-bond donors (Lipinski definition) is 2. The molecule has 0 spiro atoms. The first-order valence-corrected chi connectivity index (χ1v) is 6.70. The van der Waals surface area contributed by atoms with Crippen LogP contribution in [-0.2, 0) is 0 Å². The molecule has 7 nitrogen and oxygen atoms in total. The first kappa shape index (κ1) is 14.2. The molecule has 1 atom stereocenters. The zero-order valence-corrected chi connectivity index (χ0v) is 11.9. The smallest absolute Gasteiger partial charge is 0.355 e. The van der Waals surface area contributed by atoms with Crippen LogP contribution in [0.3, 0.4) is 0 Å². The minimum absolute atomic E-state index is 0.0298. The van der Waals surface area contributed by atoms with Gasteiger partial charge in [0.1, 0.15) is 5.01 Å². The van der Waals surface area contributed by atoms with Crippen molar-refractivity contribution < 1.29 is 19.1 Å². The van der Waals surface area contributed by atoms with E-state index in [4.69, 9.17) is 9.52 Å². The van der Waals surface area contributed by atoms with E-state index in [0.29, 0.717) is 16.6 Å². The molecule has 0 aliphatic carbocycles. The van der Waals surface area contributed by atoms with Crippen LogP contribution in [0.25, 0.3) is 0 Å². The van der Waals surface area contributed by atoms with Gasteiger partial charge in [0.2, 0.25) is 5.76 Å². The molecule has 8 heteroatoms. The summed E-state index contributed by atoms with van der Waals surface area (Å²) in [5, 5.41) is 13.5. The molecule has 106 valence electrons.